The number of hydrogen-bond donors (Lipinski definition) is 10. The molecule has 2 aliphatic heterocycles. The monoisotopic (exact) mass is 1080 g/mol. The first-order chi connectivity index (χ1) is 38.3. The fourth-order valence-electron chi connectivity index (χ4n) is 9.83. The van der Waals surface area contributed by atoms with E-state index in [0.29, 0.717) is 54.0 Å². The zero-order valence-corrected chi connectivity index (χ0v) is 43.7. The molecule has 0 aliphatic carbocycles. The van der Waals surface area contributed by atoms with E-state index in [9.17, 15) is 29.1 Å². The maximum atomic E-state index is 15.3. The lowest BCUT2D eigenvalue weighted by Crippen LogP contribution is -2.62. The molecule has 20 heteroatoms. The standard InChI is InChI=1S/C59H68N10O10/c60-26-10-9-17-47-53(71)65-48(30-39-20-24-43(25-21-39)78-36-40-13-5-2-6-14-40)55(73)68-51(31-37-11-3-1-4-12-37)58(76)69-35-44(79-59(77)62-28-27-61)33-52(69)57(75)67-49(29-38-18-22-42(70)23-19-38)54(72)66-50(56(74)64-47)32-41-34-63-46-16-8-7-15-45(41)46/h1-8,11-16,18-25,34,44,47-52,63,70H,9-10,17,26-33,35-36,60-61H2,(H,62,77)(H,64,74)(H,65,71)(H,66,72)(H,67,75)(H,68,73)/t44-,47+,48+,49+,50-,51+,52+/m1/s1. The van der Waals surface area contributed by atoms with Crippen molar-refractivity contribution in [2.24, 2.45) is 11.5 Å². The van der Waals surface area contributed by atoms with Crippen molar-refractivity contribution in [1.82, 2.24) is 41.8 Å². The Morgan fingerprint density at radius 2 is 1.11 bits per heavy atom. The number of nitrogens with zero attached hydrogens (tertiary/aromatic N) is 1. The average Bonchev–Trinajstić information content (AvgIpc) is 4.18. The molecule has 0 spiro atoms. The van der Waals surface area contributed by atoms with Crippen LogP contribution in [0.15, 0.2) is 140 Å². The van der Waals surface area contributed by atoms with Crippen LogP contribution in [-0.2, 0) is 65.8 Å². The molecule has 7 amide bonds. The van der Waals surface area contributed by atoms with Crippen LogP contribution in [0.4, 0.5) is 4.79 Å². The van der Waals surface area contributed by atoms with Gasteiger partial charge in [0.15, 0.2) is 0 Å². The molecule has 0 unspecified atom stereocenters. The first kappa shape index (κ1) is 56.5. The number of carbonyl (C=O) groups is 7. The minimum absolute atomic E-state index is 0.0357. The van der Waals surface area contributed by atoms with E-state index >= 15 is 9.59 Å². The number of fused-ring (bicyclic) bond motifs is 2. The molecule has 20 nitrogen and oxygen atoms in total. The van der Waals surface area contributed by atoms with Gasteiger partial charge in [-0.25, -0.2) is 4.79 Å². The number of rotatable bonds is 18. The van der Waals surface area contributed by atoms with Gasteiger partial charge in [0.05, 0.1) is 6.54 Å². The number of phenolic OH excluding ortho intramolecular Hbond substituents is 1. The lowest BCUT2D eigenvalue weighted by molar-refractivity contribution is -0.143. The molecule has 12 N–H and O–H groups in total. The number of phenols is 1. The molecule has 0 radical (unpaired) electrons. The van der Waals surface area contributed by atoms with Gasteiger partial charge in [-0.3, -0.25) is 28.8 Å². The second-order valence-corrected chi connectivity index (χ2v) is 19.8. The number of unbranched alkanes of at least 4 members (excludes halogenated alkanes) is 1. The Morgan fingerprint density at radius 1 is 0.582 bits per heavy atom. The molecule has 414 valence electrons. The van der Waals surface area contributed by atoms with Gasteiger partial charge in [0.25, 0.3) is 0 Å². The Labute approximate surface area is 457 Å². The maximum Gasteiger partial charge on any atom is 0.407 e. The maximum absolute atomic E-state index is 15.3. The molecule has 7 atom stereocenters. The number of nitrogens with one attached hydrogen (secondary N) is 7. The number of aromatic amines is 1. The molecule has 6 aromatic rings. The number of nitrogens with two attached hydrogens (primary N) is 2. The second kappa shape index (κ2) is 27.5. The van der Waals surface area contributed by atoms with E-state index in [1.807, 2.05) is 54.6 Å². The van der Waals surface area contributed by atoms with E-state index in [0.717, 1.165) is 16.5 Å². The largest absolute Gasteiger partial charge is 0.508 e. The van der Waals surface area contributed by atoms with Crippen molar-refractivity contribution in [2.75, 3.05) is 26.2 Å². The summed E-state index contributed by atoms with van der Waals surface area (Å²) in [6.45, 7) is 0.550. The first-order valence-electron chi connectivity index (χ1n) is 26.6. The van der Waals surface area contributed by atoms with Crippen molar-refractivity contribution < 1.29 is 48.1 Å². The Morgan fingerprint density at radius 3 is 1.76 bits per heavy atom. The number of hydrogen-bond acceptors (Lipinski definition) is 12. The highest BCUT2D eigenvalue weighted by Crippen LogP contribution is 2.25. The van der Waals surface area contributed by atoms with E-state index in [1.54, 1.807) is 72.9 Å². The van der Waals surface area contributed by atoms with E-state index < -0.39 is 83.9 Å². The summed E-state index contributed by atoms with van der Waals surface area (Å²) >= 11 is 0. The molecule has 2 saturated heterocycles. The van der Waals surface area contributed by atoms with Gasteiger partial charge >= 0.3 is 6.09 Å². The van der Waals surface area contributed by atoms with Crippen LogP contribution in [0.25, 0.3) is 10.9 Å². The van der Waals surface area contributed by atoms with Crippen LogP contribution in [0.2, 0.25) is 0 Å². The number of aromatic nitrogens is 1. The summed E-state index contributed by atoms with van der Waals surface area (Å²) in [5.74, 6) is -3.92. The summed E-state index contributed by atoms with van der Waals surface area (Å²) in [5.41, 5.74) is 15.8. The number of ether oxygens (including phenoxy) is 2. The van der Waals surface area contributed by atoms with Gasteiger partial charge in [-0.2, -0.15) is 0 Å². The van der Waals surface area contributed by atoms with E-state index in [4.69, 9.17) is 20.9 Å². The summed E-state index contributed by atoms with van der Waals surface area (Å²) in [5, 5.41) is 27.9. The van der Waals surface area contributed by atoms with Gasteiger partial charge in [0, 0.05) is 62.3 Å². The minimum atomic E-state index is -1.40. The number of para-hydroxylation sites is 1. The number of carbonyl (C=O) groups excluding carboxylic acids is 7. The summed E-state index contributed by atoms with van der Waals surface area (Å²) in [7, 11) is 0. The minimum Gasteiger partial charge on any atom is -0.508 e. The summed E-state index contributed by atoms with van der Waals surface area (Å²) in [6.07, 6.45) is 0.340. The van der Waals surface area contributed by atoms with Crippen LogP contribution in [0.3, 0.4) is 0 Å². The Bertz CT molecular complexity index is 3030. The van der Waals surface area contributed by atoms with Crippen LogP contribution in [0.5, 0.6) is 11.5 Å². The molecule has 2 aliphatic rings. The third kappa shape index (κ3) is 15.7. The van der Waals surface area contributed by atoms with Crippen LogP contribution in [0.1, 0.15) is 53.5 Å². The van der Waals surface area contributed by atoms with Crippen molar-refractivity contribution >= 4 is 52.4 Å². The highest BCUT2D eigenvalue weighted by molar-refractivity contribution is 5.99. The number of alkyl carbamates (subject to hydrolysis) is 1. The lowest BCUT2D eigenvalue weighted by atomic mass is 9.99. The SMILES string of the molecule is NCCCC[C@@H]1NC(=O)[C@@H](Cc2c[nH]c3ccccc23)NC(=O)[C@H](Cc2ccc(O)cc2)NC(=O)[C@@H]2C[C@@H](OC(=O)NCCN)CN2C(=O)[C@H](Cc2ccccc2)NC(=O)[C@H](Cc2ccc(OCc3ccccc3)cc2)NC1=O. The number of aromatic hydroxyl groups is 1. The molecular formula is C59H68N10O10. The van der Waals surface area contributed by atoms with Crippen LogP contribution >= 0.6 is 0 Å². The summed E-state index contributed by atoms with van der Waals surface area (Å²) in [4.78, 5) is 108. The molecule has 0 saturated carbocycles. The quantitative estimate of drug-likeness (QED) is 0.0556. The third-order valence-corrected chi connectivity index (χ3v) is 14.0. The van der Waals surface area contributed by atoms with Gasteiger partial charge < -0.3 is 67.8 Å². The van der Waals surface area contributed by atoms with Crippen LogP contribution in [-0.4, -0.2) is 125 Å². The molecule has 79 heavy (non-hydrogen) atoms. The molecule has 2 fully saturated rings. The third-order valence-electron chi connectivity index (χ3n) is 14.0. The zero-order chi connectivity index (χ0) is 55.7. The molecule has 0 bridgehead atoms. The number of benzene rings is 5. The average molecular weight is 1080 g/mol. The fraction of sp³-hybridized carbons (Fsp3) is 0.339. The predicted octanol–water partition coefficient (Wildman–Crippen LogP) is 2.94. The van der Waals surface area contributed by atoms with Gasteiger partial charge in [-0.1, -0.05) is 103 Å². The van der Waals surface area contributed by atoms with Crippen molar-refractivity contribution in [3.05, 3.63) is 167 Å². The molecule has 1 aromatic heterocycles. The first-order valence-corrected chi connectivity index (χ1v) is 26.6. The van der Waals surface area contributed by atoms with E-state index in [1.165, 1.54) is 17.0 Å². The predicted molar refractivity (Wildman–Crippen MR) is 295 cm³/mol. The molecule has 5 aromatic carbocycles. The van der Waals surface area contributed by atoms with Gasteiger partial charge in [-0.15, -0.1) is 0 Å². The molecule has 8 rings (SSSR count). The number of amides is 7. The van der Waals surface area contributed by atoms with E-state index in [-0.39, 0.29) is 63.9 Å². The topological polar surface area (TPSA) is 301 Å². The smallest absolute Gasteiger partial charge is 0.407 e. The van der Waals surface area contributed by atoms with Crippen LogP contribution < -0.4 is 48.1 Å². The van der Waals surface area contributed by atoms with Crippen molar-refractivity contribution in [3.8, 4) is 11.5 Å². The zero-order valence-electron chi connectivity index (χ0n) is 43.7. The molecular weight excluding hydrogens is 1010 g/mol. The Kier molecular flexibility index (Phi) is 19.7. The van der Waals surface area contributed by atoms with Gasteiger partial charge in [0.1, 0.15) is 60.5 Å². The van der Waals surface area contributed by atoms with E-state index in [2.05, 4.69) is 36.9 Å². The van der Waals surface area contributed by atoms with Gasteiger partial charge in [-0.05, 0) is 84.0 Å². The Balaban J connectivity index is 1.19. The fourth-order valence-corrected chi connectivity index (χ4v) is 9.83. The van der Waals surface area contributed by atoms with Gasteiger partial charge in [0.2, 0.25) is 35.4 Å². The van der Waals surface area contributed by atoms with Crippen molar-refractivity contribution in [3.63, 3.8) is 0 Å². The Hall–Kier alpha value is -8.75. The van der Waals surface area contributed by atoms with Crippen molar-refractivity contribution in [1.29, 1.82) is 0 Å². The number of H-pyrrole nitrogens is 1. The highest BCUT2D eigenvalue weighted by Gasteiger charge is 2.45. The van der Waals surface area contributed by atoms with Crippen molar-refractivity contribution in [2.45, 2.75) is 100 Å². The normalized spacial score (nSPS) is 21.3. The lowest BCUT2D eigenvalue weighted by Gasteiger charge is -2.32. The second-order valence-electron chi connectivity index (χ2n) is 19.8. The molecule has 3 heterocycles. The van der Waals surface area contributed by atoms with Crippen LogP contribution in [0, 0.1) is 0 Å². The highest BCUT2D eigenvalue weighted by atomic mass is 16.6. The summed E-state index contributed by atoms with van der Waals surface area (Å²) in [6, 6.07) is 31.0. The summed E-state index contributed by atoms with van der Waals surface area (Å²) < 4.78 is 11.8.